The van der Waals surface area contributed by atoms with Gasteiger partial charge < -0.3 is 16.0 Å². The molecule has 11 nitrogen and oxygen atoms in total. The summed E-state index contributed by atoms with van der Waals surface area (Å²) >= 11 is 7.56. The van der Waals surface area contributed by atoms with Gasteiger partial charge in [-0.15, -0.1) is 16.4 Å². The molecule has 3 N–H and O–H groups in total. The van der Waals surface area contributed by atoms with Crippen LogP contribution in [0.15, 0.2) is 54.7 Å². The van der Waals surface area contributed by atoms with Gasteiger partial charge in [-0.05, 0) is 31.0 Å². The lowest BCUT2D eigenvalue weighted by Gasteiger charge is -2.24. The summed E-state index contributed by atoms with van der Waals surface area (Å²) in [7, 11) is 0. The Balaban J connectivity index is 1.10. The lowest BCUT2D eigenvalue weighted by molar-refractivity contribution is -0.137. The van der Waals surface area contributed by atoms with Crippen molar-refractivity contribution in [3.63, 3.8) is 0 Å². The van der Waals surface area contributed by atoms with Crippen LogP contribution >= 0.6 is 22.9 Å². The van der Waals surface area contributed by atoms with Gasteiger partial charge in [-0.1, -0.05) is 47.1 Å². The third-order valence-corrected chi connectivity index (χ3v) is 9.60. The second-order valence-corrected chi connectivity index (χ2v) is 13.0. The maximum atomic E-state index is 15.5. The number of aromatic nitrogens is 5. The van der Waals surface area contributed by atoms with Crippen molar-refractivity contribution in [2.24, 2.45) is 5.73 Å². The van der Waals surface area contributed by atoms with E-state index < -0.39 is 35.8 Å². The molecule has 2 aromatic carbocycles. The molecule has 0 bridgehead atoms. The van der Waals surface area contributed by atoms with Crippen LogP contribution in [0.1, 0.15) is 46.2 Å². The Morgan fingerprint density at radius 1 is 1.11 bits per heavy atom. The topological polar surface area (TPSA) is 141 Å². The van der Waals surface area contributed by atoms with Crippen LogP contribution in [0.5, 0.6) is 0 Å². The van der Waals surface area contributed by atoms with Crippen molar-refractivity contribution in [2.45, 2.75) is 50.5 Å². The van der Waals surface area contributed by atoms with E-state index in [1.807, 2.05) is 6.20 Å². The third kappa shape index (κ3) is 5.73. The zero-order chi connectivity index (χ0) is 32.1. The van der Waals surface area contributed by atoms with Gasteiger partial charge in [0.1, 0.15) is 18.8 Å². The zero-order valence-electron chi connectivity index (χ0n) is 24.2. The predicted octanol–water partition coefficient (Wildman–Crippen LogP) is 4.75. The van der Waals surface area contributed by atoms with Crippen molar-refractivity contribution in [1.82, 2.24) is 29.7 Å². The summed E-state index contributed by atoms with van der Waals surface area (Å²) < 4.78 is 33.8. The monoisotopic (exact) mass is 664 g/mol. The van der Waals surface area contributed by atoms with Gasteiger partial charge in [-0.2, -0.15) is 5.10 Å². The number of hydrogen-bond donors (Lipinski definition) is 2. The highest BCUT2D eigenvalue weighted by Crippen LogP contribution is 2.39. The Morgan fingerprint density at radius 2 is 1.89 bits per heavy atom. The SMILES string of the molecule is NC(=O)c1nn(CC(=O)N2C[C@H](F)C[C@H]2C(=O)Nc2cccc(-c3ccccc3Cl)c2F)c2cc(Cn3cc(C4CC4)nn3)sc12. The van der Waals surface area contributed by atoms with Gasteiger partial charge in [-0.25, -0.2) is 13.5 Å². The molecular formula is C31H27ClF2N8O3S. The second-order valence-electron chi connectivity index (χ2n) is 11.4. The van der Waals surface area contributed by atoms with Crippen molar-refractivity contribution in [3.8, 4) is 11.1 Å². The normalized spacial score (nSPS) is 17.9. The van der Waals surface area contributed by atoms with Crippen molar-refractivity contribution in [1.29, 1.82) is 0 Å². The number of thiophene rings is 1. The largest absolute Gasteiger partial charge is 0.364 e. The van der Waals surface area contributed by atoms with E-state index in [0.29, 0.717) is 33.3 Å². The third-order valence-electron chi connectivity index (χ3n) is 8.16. The summed E-state index contributed by atoms with van der Waals surface area (Å²) in [6.45, 7) is -0.296. The number of anilines is 1. The van der Waals surface area contributed by atoms with Crippen LogP contribution in [0.3, 0.4) is 0 Å². The van der Waals surface area contributed by atoms with Gasteiger partial charge in [0, 0.05) is 39.6 Å². The van der Waals surface area contributed by atoms with E-state index in [1.165, 1.54) is 28.2 Å². The smallest absolute Gasteiger partial charge is 0.270 e. The van der Waals surface area contributed by atoms with Crippen LogP contribution in [-0.2, 0) is 22.7 Å². The highest BCUT2D eigenvalue weighted by Gasteiger charge is 2.40. The molecular weight excluding hydrogens is 638 g/mol. The maximum Gasteiger partial charge on any atom is 0.270 e. The van der Waals surface area contributed by atoms with Gasteiger partial charge in [0.2, 0.25) is 11.8 Å². The van der Waals surface area contributed by atoms with Gasteiger partial charge in [-0.3, -0.25) is 19.1 Å². The molecule has 15 heteroatoms. The number of benzene rings is 2. The Bertz CT molecular complexity index is 2000. The number of nitrogens with two attached hydrogens (primary N) is 1. The first-order chi connectivity index (χ1) is 22.2. The number of halogens is 3. The van der Waals surface area contributed by atoms with Gasteiger partial charge >= 0.3 is 0 Å². The van der Waals surface area contributed by atoms with Crippen LogP contribution in [-0.4, -0.2) is 66.2 Å². The fraction of sp³-hybridized carbons (Fsp3) is 0.290. The molecule has 1 saturated heterocycles. The van der Waals surface area contributed by atoms with E-state index in [-0.39, 0.29) is 36.5 Å². The molecule has 4 heterocycles. The van der Waals surface area contributed by atoms with E-state index in [2.05, 4.69) is 20.7 Å². The van der Waals surface area contributed by atoms with Crippen molar-refractivity contribution >= 4 is 56.6 Å². The molecule has 5 aromatic rings. The molecule has 7 rings (SSSR count). The molecule has 1 aliphatic carbocycles. The number of amides is 3. The van der Waals surface area contributed by atoms with Crippen LogP contribution in [0.25, 0.3) is 21.3 Å². The number of nitrogens with one attached hydrogen (secondary N) is 1. The summed E-state index contributed by atoms with van der Waals surface area (Å²) in [5.74, 6) is -2.34. The summed E-state index contributed by atoms with van der Waals surface area (Å²) in [4.78, 5) is 41.1. The highest BCUT2D eigenvalue weighted by atomic mass is 35.5. The molecule has 2 atom stereocenters. The minimum absolute atomic E-state index is 0.00395. The van der Waals surface area contributed by atoms with Crippen LogP contribution < -0.4 is 11.1 Å². The second kappa shape index (κ2) is 11.9. The van der Waals surface area contributed by atoms with Gasteiger partial charge in [0.25, 0.3) is 5.91 Å². The summed E-state index contributed by atoms with van der Waals surface area (Å²) in [5.41, 5.74) is 7.55. The fourth-order valence-electron chi connectivity index (χ4n) is 5.75. The van der Waals surface area contributed by atoms with Crippen LogP contribution in [0.2, 0.25) is 5.02 Å². The molecule has 46 heavy (non-hydrogen) atoms. The Kier molecular flexibility index (Phi) is 7.77. The lowest BCUT2D eigenvalue weighted by Crippen LogP contribution is -2.44. The number of carbonyl (C=O) groups excluding carboxylic acids is 3. The molecule has 2 aliphatic rings. The number of carbonyl (C=O) groups is 3. The number of primary amides is 1. The highest BCUT2D eigenvalue weighted by molar-refractivity contribution is 7.19. The van der Waals surface area contributed by atoms with Gasteiger partial charge in [0.15, 0.2) is 11.5 Å². The van der Waals surface area contributed by atoms with Crippen molar-refractivity contribution in [2.75, 3.05) is 11.9 Å². The van der Waals surface area contributed by atoms with E-state index in [1.54, 1.807) is 41.1 Å². The zero-order valence-corrected chi connectivity index (χ0v) is 25.8. The molecule has 236 valence electrons. The first kappa shape index (κ1) is 30.0. The molecule has 3 aromatic heterocycles. The number of fused-ring (bicyclic) bond motifs is 1. The number of rotatable bonds is 9. The maximum absolute atomic E-state index is 15.5. The van der Waals surface area contributed by atoms with Crippen LogP contribution in [0, 0.1) is 5.82 Å². The summed E-state index contributed by atoms with van der Waals surface area (Å²) in [6.07, 6.45) is 2.38. The van der Waals surface area contributed by atoms with Crippen LogP contribution in [0.4, 0.5) is 14.5 Å². The number of likely N-dealkylation sites (tertiary alicyclic amines) is 1. The van der Waals surface area contributed by atoms with E-state index >= 15 is 4.39 Å². The summed E-state index contributed by atoms with van der Waals surface area (Å²) in [6, 6.07) is 11.8. The molecule has 1 saturated carbocycles. The van der Waals surface area contributed by atoms with Crippen molar-refractivity contribution in [3.05, 3.63) is 81.8 Å². The van der Waals surface area contributed by atoms with E-state index in [0.717, 1.165) is 28.3 Å². The predicted molar refractivity (Wildman–Crippen MR) is 168 cm³/mol. The van der Waals surface area contributed by atoms with E-state index in [4.69, 9.17) is 17.3 Å². The van der Waals surface area contributed by atoms with E-state index in [9.17, 15) is 18.8 Å². The Morgan fingerprint density at radius 3 is 2.65 bits per heavy atom. The standard InChI is InChI=1S/C31H27ClF2N8O3S/c32-21-6-2-1-4-19(21)20-5-3-7-22(27(20)34)36-31(45)25-10-17(33)12-41(25)26(43)15-42-24-11-18(46-29(24)28(38-42)30(35)44)13-40-14-23(37-39-40)16-8-9-16/h1-7,11,14,16-17,25H,8-10,12-13,15H2,(H2,35,44)(H,36,45)/t17-,25+/m1/s1. The first-order valence-corrected chi connectivity index (χ1v) is 15.8. The minimum atomic E-state index is -1.46. The molecule has 3 amide bonds. The first-order valence-electron chi connectivity index (χ1n) is 14.6. The van der Waals surface area contributed by atoms with Crippen molar-refractivity contribution < 1.29 is 23.2 Å². The fourth-order valence-corrected chi connectivity index (χ4v) is 7.12. The number of nitrogens with zero attached hydrogens (tertiary/aromatic N) is 6. The Labute approximate surface area is 269 Å². The average molecular weight is 665 g/mol. The number of hydrogen-bond acceptors (Lipinski definition) is 7. The quantitative estimate of drug-likeness (QED) is 0.233. The minimum Gasteiger partial charge on any atom is -0.364 e. The molecule has 2 fully saturated rings. The molecule has 0 spiro atoms. The summed E-state index contributed by atoms with van der Waals surface area (Å²) in [5, 5.41) is 15.6. The Hall–Kier alpha value is -4.69. The lowest BCUT2D eigenvalue weighted by atomic mass is 10.0. The average Bonchev–Trinajstić information content (AvgIpc) is 3.30. The number of alkyl halides is 1. The molecule has 1 aliphatic heterocycles. The molecule has 0 unspecified atom stereocenters. The molecule has 0 radical (unpaired) electrons. The van der Waals surface area contributed by atoms with Gasteiger partial charge in [0.05, 0.1) is 34.7 Å².